The van der Waals surface area contributed by atoms with Crippen molar-refractivity contribution >= 4 is 27.9 Å². The number of nitrogens with zero attached hydrogens (tertiary/aromatic N) is 1. The van der Waals surface area contributed by atoms with Gasteiger partial charge in [-0.1, -0.05) is 31.5 Å². The lowest BCUT2D eigenvalue weighted by atomic mass is 10.1. The number of benzene rings is 1. The van der Waals surface area contributed by atoms with E-state index in [9.17, 15) is 22.8 Å². The number of nitrogens with one attached hydrogen (secondary N) is 1. The average Bonchev–Trinajstić information content (AvgIpc) is 2.51. The van der Waals surface area contributed by atoms with Crippen molar-refractivity contribution in [2.75, 3.05) is 13.6 Å². The Morgan fingerprint density at radius 1 is 1.19 bits per heavy atom. The summed E-state index contributed by atoms with van der Waals surface area (Å²) in [6.07, 6.45) is -1.27. The van der Waals surface area contributed by atoms with Crippen LogP contribution in [0.15, 0.2) is 29.2 Å². The number of primary amides is 1. The normalized spacial score (nSPS) is 12.7. The number of sulfonamides is 1. The second kappa shape index (κ2) is 8.77. The minimum atomic E-state index is -3.89. The molecule has 1 unspecified atom stereocenters. The molecule has 9 nitrogen and oxygen atoms in total. The van der Waals surface area contributed by atoms with Gasteiger partial charge in [-0.05, 0) is 25.0 Å². The molecule has 1 rings (SSSR count). The third kappa shape index (κ3) is 5.81. The maximum atomic E-state index is 12.5. The van der Waals surface area contributed by atoms with Gasteiger partial charge >= 0.3 is 12.0 Å². The van der Waals surface area contributed by atoms with Gasteiger partial charge in [-0.2, -0.15) is 4.31 Å². The van der Waals surface area contributed by atoms with Gasteiger partial charge in [-0.25, -0.2) is 13.2 Å². The highest BCUT2D eigenvalue weighted by Gasteiger charge is 2.30. The van der Waals surface area contributed by atoms with Crippen LogP contribution in [-0.4, -0.2) is 50.3 Å². The largest absolute Gasteiger partial charge is 0.451 e. The number of carbonyl (C=O) groups excluding carboxylic acids is 3. The van der Waals surface area contributed by atoms with Crippen LogP contribution in [0.1, 0.15) is 19.4 Å². The van der Waals surface area contributed by atoms with E-state index >= 15 is 0 Å². The van der Waals surface area contributed by atoms with Crippen molar-refractivity contribution in [3.63, 3.8) is 0 Å². The quantitative estimate of drug-likeness (QED) is 0.651. The molecule has 0 bridgehead atoms. The first-order valence-electron chi connectivity index (χ1n) is 7.78. The van der Waals surface area contributed by atoms with Crippen LogP contribution in [0.5, 0.6) is 0 Å². The van der Waals surface area contributed by atoms with Gasteiger partial charge in [0.2, 0.25) is 10.0 Å². The fourth-order valence-corrected chi connectivity index (χ4v) is 3.14. The van der Waals surface area contributed by atoms with Gasteiger partial charge in [0, 0.05) is 7.05 Å². The van der Waals surface area contributed by atoms with Gasteiger partial charge in [-0.15, -0.1) is 0 Å². The van der Waals surface area contributed by atoms with Crippen LogP contribution >= 0.6 is 0 Å². The fraction of sp³-hybridized carbons (Fsp3) is 0.438. The number of ether oxygens (including phenoxy) is 1. The van der Waals surface area contributed by atoms with Crippen molar-refractivity contribution in [2.45, 2.75) is 31.8 Å². The predicted molar refractivity (Wildman–Crippen MR) is 93.4 cm³/mol. The summed E-state index contributed by atoms with van der Waals surface area (Å²) in [4.78, 5) is 34.7. The van der Waals surface area contributed by atoms with E-state index in [0.717, 1.165) is 9.87 Å². The van der Waals surface area contributed by atoms with E-state index in [0.29, 0.717) is 0 Å². The third-order valence-corrected chi connectivity index (χ3v) is 5.27. The molecule has 1 aromatic carbocycles. The molecular weight excluding hydrogens is 362 g/mol. The Morgan fingerprint density at radius 3 is 2.19 bits per heavy atom. The lowest BCUT2D eigenvalue weighted by Gasteiger charge is -2.22. The van der Waals surface area contributed by atoms with Gasteiger partial charge in [-0.3, -0.25) is 14.9 Å². The SMILES string of the molecule is Cc1ccc(S(=O)(=O)N(C)CC(=O)OC(C(=O)NC(N)=O)C(C)C)cc1. The average molecular weight is 385 g/mol. The summed E-state index contributed by atoms with van der Waals surface area (Å²) in [6, 6.07) is 5.08. The second-order valence-corrected chi connectivity index (χ2v) is 8.13. The summed E-state index contributed by atoms with van der Waals surface area (Å²) in [6.45, 7) is 4.43. The molecule has 0 radical (unpaired) electrons. The van der Waals surface area contributed by atoms with Crippen molar-refractivity contribution in [3.05, 3.63) is 29.8 Å². The summed E-state index contributed by atoms with van der Waals surface area (Å²) < 4.78 is 30.8. The highest BCUT2D eigenvalue weighted by Crippen LogP contribution is 2.15. The number of hydrogen-bond acceptors (Lipinski definition) is 6. The first-order chi connectivity index (χ1) is 11.9. The Hall–Kier alpha value is -2.46. The molecule has 26 heavy (non-hydrogen) atoms. The van der Waals surface area contributed by atoms with Gasteiger partial charge in [0.25, 0.3) is 5.91 Å². The van der Waals surface area contributed by atoms with Crippen molar-refractivity contribution in [1.82, 2.24) is 9.62 Å². The van der Waals surface area contributed by atoms with Crippen LogP contribution in [-0.2, 0) is 24.3 Å². The molecule has 0 aliphatic heterocycles. The number of aryl methyl sites for hydroxylation is 1. The monoisotopic (exact) mass is 385 g/mol. The molecule has 3 amide bonds. The molecule has 0 saturated carbocycles. The van der Waals surface area contributed by atoms with Crippen molar-refractivity contribution in [1.29, 1.82) is 0 Å². The van der Waals surface area contributed by atoms with Crippen LogP contribution in [0.3, 0.4) is 0 Å². The first kappa shape index (κ1) is 21.6. The number of hydrogen-bond donors (Lipinski definition) is 2. The van der Waals surface area contributed by atoms with Gasteiger partial charge in [0.1, 0.15) is 6.54 Å². The first-order valence-corrected chi connectivity index (χ1v) is 9.22. The van der Waals surface area contributed by atoms with E-state index in [1.165, 1.54) is 19.2 Å². The molecule has 10 heteroatoms. The highest BCUT2D eigenvalue weighted by atomic mass is 32.2. The van der Waals surface area contributed by atoms with Gasteiger partial charge in [0.15, 0.2) is 6.10 Å². The van der Waals surface area contributed by atoms with E-state index in [2.05, 4.69) is 0 Å². The molecule has 3 N–H and O–H groups in total. The number of amides is 3. The summed E-state index contributed by atoms with van der Waals surface area (Å²) in [5.74, 6) is -2.25. The molecule has 0 aliphatic carbocycles. The summed E-state index contributed by atoms with van der Waals surface area (Å²) in [7, 11) is -2.66. The Bertz CT molecular complexity index is 774. The maximum absolute atomic E-state index is 12.5. The molecule has 0 heterocycles. The van der Waals surface area contributed by atoms with Crippen LogP contribution in [0.4, 0.5) is 4.79 Å². The molecule has 0 saturated heterocycles. The van der Waals surface area contributed by atoms with E-state index < -0.39 is 46.5 Å². The standard InChI is InChI=1S/C16H23N3O6S/c1-10(2)14(15(21)18-16(17)22)25-13(20)9-19(4)26(23,24)12-7-5-11(3)6-8-12/h5-8,10,14H,9H2,1-4H3,(H3,17,18,21,22). The number of likely N-dealkylation sites (N-methyl/N-ethyl adjacent to an activating group) is 1. The summed E-state index contributed by atoms with van der Waals surface area (Å²) in [5, 5.41) is 1.84. The Kier molecular flexibility index (Phi) is 7.28. The molecule has 0 aliphatic rings. The van der Waals surface area contributed by atoms with E-state index in [1.54, 1.807) is 26.0 Å². The number of rotatable bonds is 7. The van der Waals surface area contributed by atoms with E-state index in [1.807, 2.05) is 12.2 Å². The van der Waals surface area contributed by atoms with E-state index in [4.69, 9.17) is 10.5 Å². The molecular formula is C16H23N3O6S. The number of urea groups is 1. The molecule has 144 valence electrons. The number of imide groups is 1. The lowest BCUT2D eigenvalue weighted by molar-refractivity contribution is -0.158. The number of esters is 1. The smallest absolute Gasteiger partial charge is 0.322 e. The predicted octanol–water partition coefficient (Wildman–Crippen LogP) is 0.378. The van der Waals surface area contributed by atoms with Crippen LogP contribution < -0.4 is 11.1 Å². The van der Waals surface area contributed by atoms with Crippen LogP contribution in [0.25, 0.3) is 0 Å². The second-order valence-electron chi connectivity index (χ2n) is 6.08. The minimum Gasteiger partial charge on any atom is -0.451 e. The highest BCUT2D eigenvalue weighted by molar-refractivity contribution is 7.89. The zero-order chi connectivity index (χ0) is 20.1. The minimum absolute atomic E-state index is 0.0327. The zero-order valence-corrected chi connectivity index (χ0v) is 15.9. The van der Waals surface area contributed by atoms with Crippen molar-refractivity contribution in [2.24, 2.45) is 11.7 Å². The lowest BCUT2D eigenvalue weighted by Crippen LogP contribution is -2.46. The Balaban J connectivity index is 2.83. The molecule has 0 fully saturated rings. The number of carbonyl (C=O) groups is 3. The van der Waals surface area contributed by atoms with E-state index in [-0.39, 0.29) is 4.90 Å². The molecule has 0 spiro atoms. The van der Waals surface area contributed by atoms with Crippen molar-refractivity contribution < 1.29 is 27.5 Å². The summed E-state index contributed by atoms with van der Waals surface area (Å²) in [5.41, 5.74) is 5.77. The molecule has 0 aromatic heterocycles. The van der Waals surface area contributed by atoms with Gasteiger partial charge in [0.05, 0.1) is 4.90 Å². The zero-order valence-electron chi connectivity index (χ0n) is 15.1. The molecule has 1 atom stereocenters. The van der Waals surface area contributed by atoms with Gasteiger partial charge < -0.3 is 10.5 Å². The topological polar surface area (TPSA) is 136 Å². The van der Waals surface area contributed by atoms with Crippen molar-refractivity contribution in [3.8, 4) is 0 Å². The van der Waals surface area contributed by atoms with Crippen LogP contribution in [0.2, 0.25) is 0 Å². The Labute approximate surface area is 152 Å². The molecule has 1 aromatic rings. The summed E-state index contributed by atoms with van der Waals surface area (Å²) >= 11 is 0. The van der Waals surface area contributed by atoms with Crippen LogP contribution in [0, 0.1) is 12.8 Å². The maximum Gasteiger partial charge on any atom is 0.322 e. The third-order valence-electron chi connectivity index (χ3n) is 3.45. The number of nitrogens with two attached hydrogens (primary N) is 1. The Morgan fingerprint density at radius 2 is 1.73 bits per heavy atom. The fourth-order valence-electron chi connectivity index (χ4n) is 2.02.